The first-order valence-corrected chi connectivity index (χ1v) is 8.02. The maximum Gasteiger partial charge on any atom is 0.132 e. The SMILES string of the molecule is N#CC(C#N)=C1C=C2C=C(N3CCCCC3)CC[C@@H]2CC1. The fourth-order valence-corrected chi connectivity index (χ4v) is 3.74. The molecule has 0 saturated carbocycles. The minimum absolute atomic E-state index is 0.291. The number of allylic oxidation sites excluding steroid dienone is 6. The predicted octanol–water partition coefficient (Wildman–Crippen LogP) is 3.83. The van der Waals surface area contributed by atoms with Crippen LogP contribution in [-0.4, -0.2) is 18.0 Å². The van der Waals surface area contributed by atoms with Crippen molar-refractivity contribution in [3.05, 3.63) is 34.6 Å². The molecule has 1 aliphatic heterocycles. The van der Waals surface area contributed by atoms with E-state index in [2.05, 4.69) is 17.1 Å². The van der Waals surface area contributed by atoms with Gasteiger partial charge in [0, 0.05) is 18.8 Å². The Hall–Kier alpha value is -2.00. The highest BCUT2D eigenvalue weighted by molar-refractivity contribution is 5.49. The molecule has 0 amide bonds. The van der Waals surface area contributed by atoms with Gasteiger partial charge in [-0.2, -0.15) is 10.5 Å². The molecule has 108 valence electrons. The van der Waals surface area contributed by atoms with Gasteiger partial charge >= 0.3 is 0 Å². The Morgan fingerprint density at radius 3 is 2.43 bits per heavy atom. The first-order chi connectivity index (χ1) is 10.3. The third-order valence-corrected chi connectivity index (χ3v) is 4.96. The molecule has 1 fully saturated rings. The molecule has 1 atom stereocenters. The normalized spacial score (nSPS) is 25.1. The van der Waals surface area contributed by atoms with Crippen LogP contribution in [0.3, 0.4) is 0 Å². The predicted molar refractivity (Wildman–Crippen MR) is 81.8 cm³/mol. The van der Waals surface area contributed by atoms with E-state index in [1.54, 1.807) is 0 Å². The third-order valence-electron chi connectivity index (χ3n) is 4.96. The van der Waals surface area contributed by atoms with E-state index in [4.69, 9.17) is 10.5 Å². The molecule has 3 aliphatic rings. The van der Waals surface area contributed by atoms with Crippen LogP contribution in [0.25, 0.3) is 0 Å². The van der Waals surface area contributed by atoms with Crippen molar-refractivity contribution in [2.45, 2.75) is 44.9 Å². The lowest BCUT2D eigenvalue weighted by molar-refractivity contribution is 0.267. The number of nitrogens with zero attached hydrogens (tertiary/aromatic N) is 3. The summed E-state index contributed by atoms with van der Waals surface area (Å²) in [6.45, 7) is 2.38. The minimum Gasteiger partial charge on any atom is -0.375 e. The van der Waals surface area contributed by atoms with Gasteiger partial charge in [-0.3, -0.25) is 0 Å². The average Bonchev–Trinajstić information content (AvgIpc) is 2.56. The highest BCUT2D eigenvalue weighted by Gasteiger charge is 2.26. The molecule has 0 aromatic carbocycles. The van der Waals surface area contributed by atoms with E-state index in [0.717, 1.165) is 18.4 Å². The lowest BCUT2D eigenvalue weighted by Crippen LogP contribution is -2.31. The summed E-state index contributed by atoms with van der Waals surface area (Å²) in [4.78, 5) is 2.54. The summed E-state index contributed by atoms with van der Waals surface area (Å²) in [5.41, 5.74) is 4.03. The summed E-state index contributed by atoms with van der Waals surface area (Å²) in [6, 6.07) is 4.07. The van der Waals surface area contributed by atoms with E-state index >= 15 is 0 Å². The van der Waals surface area contributed by atoms with Crippen LogP contribution < -0.4 is 0 Å². The van der Waals surface area contributed by atoms with E-state index < -0.39 is 0 Å². The van der Waals surface area contributed by atoms with Crippen LogP contribution in [-0.2, 0) is 0 Å². The highest BCUT2D eigenvalue weighted by atomic mass is 15.1. The van der Waals surface area contributed by atoms with Crippen molar-refractivity contribution in [2.75, 3.05) is 13.1 Å². The van der Waals surface area contributed by atoms with Crippen LogP contribution in [0.4, 0.5) is 0 Å². The first kappa shape index (κ1) is 14.0. The monoisotopic (exact) mass is 279 g/mol. The Morgan fingerprint density at radius 1 is 1.00 bits per heavy atom. The molecular weight excluding hydrogens is 258 g/mol. The number of nitriles is 2. The summed E-state index contributed by atoms with van der Waals surface area (Å²) in [6.07, 6.45) is 12.8. The van der Waals surface area contributed by atoms with Crippen LogP contribution in [0.2, 0.25) is 0 Å². The van der Waals surface area contributed by atoms with Gasteiger partial charge in [0.15, 0.2) is 0 Å². The zero-order valence-electron chi connectivity index (χ0n) is 12.4. The molecule has 1 saturated heterocycles. The molecule has 0 aromatic rings. The van der Waals surface area contributed by atoms with Crippen molar-refractivity contribution < 1.29 is 0 Å². The van der Waals surface area contributed by atoms with E-state index in [1.165, 1.54) is 56.5 Å². The number of rotatable bonds is 1. The van der Waals surface area contributed by atoms with Crippen molar-refractivity contribution in [1.29, 1.82) is 10.5 Å². The smallest absolute Gasteiger partial charge is 0.132 e. The third kappa shape index (κ3) is 2.88. The number of hydrogen-bond acceptors (Lipinski definition) is 3. The van der Waals surface area contributed by atoms with E-state index in [1.807, 2.05) is 12.1 Å². The van der Waals surface area contributed by atoms with Gasteiger partial charge in [-0.15, -0.1) is 0 Å². The molecule has 3 heteroatoms. The molecule has 0 unspecified atom stereocenters. The lowest BCUT2D eigenvalue weighted by Gasteiger charge is -2.36. The number of piperidine rings is 1. The van der Waals surface area contributed by atoms with Crippen molar-refractivity contribution >= 4 is 0 Å². The minimum atomic E-state index is 0.291. The summed E-state index contributed by atoms with van der Waals surface area (Å²) in [7, 11) is 0. The van der Waals surface area contributed by atoms with Gasteiger partial charge in [0.25, 0.3) is 0 Å². The Balaban J connectivity index is 1.88. The maximum atomic E-state index is 9.05. The maximum absolute atomic E-state index is 9.05. The second-order valence-corrected chi connectivity index (χ2v) is 6.23. The summed E-state index contributed by atoms with van der Waals surface area (Å²) in [5.74, 6) is 0.626. The highest BCUT2D eigenvalue weighted by Crippen LogP contribution is 2.39. The zero-order chi connectivity index (χ0) is 14.7. The Bertz CT molecular complexity index is 573. The average molecular weight is 279 g/mol. The van der Waals surface area contributed by atoms with Gasteiger partial charge in [-0.25, -0.2) is 0 Å². The summed E-state index contributed by atoms with van der Waals surface area (Å²) < 4.78 is 0. The van der Waals surface area contributed by atoms with Gasteiger partial charge in [0.2, 0.25) is 0 Å². The quantitative estimate of drug-likeness (QED) is 0.685. The summed E-state index contributed by atoms with van der Waals surface area (Å²) >= 11 is 0. The second-order valence-electron chi connectivity index (χ2n) is 6.23. The van der Waals surface area contributed by atoms with Gasteiger partial charge in [-0.05, 0) is 68.1 Å². The van der Waals surface area contributed by atoms with E-state index in [0.29, 0.717) is 11.5 Å². The number of likely N-dealkylation sites (tertiary alicyclic amines) is 1. The van der Waals surface area contributed by atoms with Crippen molar-refractivity contribution in [3.8, 4) is 12.1 Å². The standard InChI is InChI=1S/C18H21N3/c19-12-17(13-20)15-5-4-14-6-7-18(11-16(14)10-15)21-8-2-1-3-9-21/h10-11,14H,1-9H2/t14-/m0/s1. The van der Waals surface area contributed by atoms with Gasteiger partial charge in [0.1, 0.15) is 17.7 Å². The van der Waals surface area contributed by atoms with Gasteiger partial charge in [0.05, 0.1) is 0 Å². The van der Waals surface area contributed by atoms with Crippen LogP contribution in [0.1, 0.15) is 44.9 Å². The topological polar surface area (TPSA) is 50.8 Å². The Labute approximate surface area is 126 Å². The van der Waals surface area contributed by atoms with Crippen molar-refractivity contribution in [1.82, 2.24) is 4.90 Å². The second kappa shape index (κ2) is 6.19. The Kier molecular flexibility index (Phi) is 4.11. The molecule has 0 radical (unpaired) electrons. The first-order valence-electron chi connectivity index (χ1n) is 8.02. The molecule has 0 spiro atoms. The molecule has 0 N–H and O–H groups in total. The van der Waals surface area contributed by atoms with Crippen LogP contribution in [0.15, 0.2) is 34.6 Å². The van der Waals surface area contributed by atoms with E-state index in [9.17, 15) is 0 Å². The zero-order valence-corrected chi connectivity index (χ0v) is 12.4. The van der Waals surface area contributed by atoms with Crippen molar-refractivity contribution in [2.24, 2.45) is 5.92 Å². The molecule has 3 rings (SSSR count). The van der Waals surface area contributed by atoms with Crippen LogP contribution in [0.5, 0.6) is 0 Å². The number of hydrogen-bond donors (Lipinski definition) is 0. The molecule has 1 heterocycles. The molecule has 0 aromatic heterocycles. The molecule has 0 bridgehead atoms. The van der Waals surface area contributed by atoms with E-state index in [-0.39, 0.29) is 0 Å². The van der Waals surface area contributed by atoms with Crippen LogP contribution >= 0.6 is 0 Å². The summed E-state index contributed by atoms with van der Waals surface area (Å²) in [5, 5.41) is 18.1. The largest absolute Gasteiger partial charge is 0.375 e. The fraction of sp³-hybridized carbons (Fsp3) is 0.556. The van der Waals surface area contributed by atoms with Crippen molar-refractivity contribution in [3.63, 3.8) is 0 Å². The molecule has 3 nitrogen and oxygen atoms in total. The molecular formula is C18H21N3. The van der Waals surface area contributed by atoms with Gasteiger partial charge < -0.3 is 4.90 Å². The molecule has 21 heavy (non-hydrogen) atoms. The lowest BCUT2D eigenvalue weighted by atomic mass is 9.77. The molecule has 2 aliphatic carbocycles. The van der Waals surface area contributed by atoms with Crippen LogP contribution in [0, 0.1) is 28.6 Å². The number of fused-ring (bicyclic) bond motifs is 1. The van der Waals surface area contributed by atoms with Gasteiger partial charge in [-0.1, -0.05) is 6.08 Å². The fourth-order valence-electron chi connectivity index (χ4n) is 3.74. The Morgan fingerprint density at radius 2 is 1.71 bits per heavy atom.